The van der Waals surface area contributed by atoms with E-state index in [0.717, 1.165) is 17.3 Å². The summed E-state index contributed by atoms with van der Waals surface area (Å²) < 4.78 is 0. The number of nitrogens with one attached hydrogen (secondary N) is 1. The van der Waals surface area contributed by atoms with Crippen molar-refractivity contribution in [3.05, 3.63) is 28.8 Å². The molecular weight excluding hydrogens is 318 g/mol. The number of rotatable bonds is 4. The van der Waals surface area contributed by atoms with Crippen LogP contribution in [-0.2, 0) is 4.79 Å². The topological polar surface area (TPSA) is 66.4 Å². The molecule has 1 unspecified atom stereocenters. The van der Waals surface area contributed by atoms with Crippen LogP contribution >= 0.6 is 35.1 Å². The minimum atomic E-state index is -1.08. The molecule has 4 nitrogen and oxygen atoms in total. The summed E-state index contributed by atoms with van der Waals surface area (Å²) in [6.45, 7) is 0. The molecule has 0 saturated carbocycles. The Hall–Kier alpha value is -0.850. The fourth-order valence-electron chi connectivity index (χ4n) is 1.84. The van der Waals surface area contributed by atoms with Crippen molar-refractivity contribution >= 4 is 52.7 Å². The van der Waals surface area contributed by atoms with E-state index in [0.29, 0.717) is 17.4 Å². The second-order valence-electron chi connectivity index (χ2n) is 4.32. The predicted molar refractivity (Wildman–Crippen MR) is 85.2 cm³/mol. The molecule has 2 N–H and O–H groups in total. The van der Waals surface area contributed by atoms with Crippen molar-refractivity contribution in [3.63, 3.8) is 0 Å². The van der Waals surface area contributed by atoms with Gasteiger partial charge >= 0.3 is 5.97 Å². The Balaban J connectivity index is 1.93. The number of carbonyl (C=O) groups excluding carboxylic acids is 1. The molecule has 20 heavy (non-hydrogen) atoms. The van der Waals surface area contributed by atoms with Crippen LogP contribution in [0.1, 0.15) is 16.8 Å². The van der Waals surface area contributed by atoms with Gasteiger partial charge in [-0.05, 0) is 18.2 Å². The molecule has 0 aliphatic carbocycles. The number of amides is 1. The molecule has 2 rings (SSSR count). The standard InChI is InChI=1S/C13H14ClNO3S2/c14-11-5-8(1-2-10(11)13(17)18)15-12(16)6-9-7-19-3-4-20-9/h1-2,5,9H,3-4,6-7H2,(H,15,16)(H,17,18). The van der Waals surface area contributed by atoms with E-state index in [1.165, 1.54) is 12.1 Å². The van der Waals surface area contributed by atoms with E-state index in [9.17, 15) is 9.59 Å². The quantitative estimate of drug-likeness (QED) is 0.886. The molecule has 1 aliphatic heterocycles. The lowest BCUT2D eigenvalue weighted by Crippen LogP contribution is -2.22. The molecule has 1 amide bonds. The number of carboxylic acids is 1. The number of carbonyl (C=O) groups is 2. The van der Waals surface area contributed by atoms with Gasteiger partial charge in [-0.1, -0.05) is 11.6 Å². The summed E-state index contributed by atoms with van der Waals surface area (Å²) in [6, 6.07) is 4.41. The van der Waals surface area contributed by atoms with Crippen molar-refractivity contribution in [2.24, 2.45) is 0 Å². The van der Waals surface area contributed by atoms with Crippen LogP contribution in [0.2, 0.25) is 5.02 Å². The van der Waals surface area contributed by atoms with Gasteiger partial charge < -0.3 is 10.4 Å². The van der Waals surface area contributed by atoms with Crippen LogP contribution in [0.4, 0.5) is 5.69 Å². The number of anilines is 1. The van der Waals surface area contributed by atoms with Gasteiger partial charge in [-0.15, -0.1) is 0 Å². The highest BCUT2D eigenvalue weighted by atomic mass is 35.5. The molecule has 0 bridgehead atoms. The Bertz CT molecular complexity index is 518. The molecule has 7 heteroatoms. The molecular formula is C13H14ClNO3S2. The zero-order valence-electron chi connectivity index (χ0n) is 10.6. The number of hydrogen-bond donors (Lipinski definition) is 2. The Kier molecular flexibility index (Phi) is 5.63. The van der Waals surface area contributed by atoms with Crippen molar-refractivity contribution in [1.29, 1.82) is 0 Å². The second kappa shape index (κ2) is 7.24. The predicted octanol–water partition coefficient (Wildman–Crippen LogP) is 3.22. The van der Waals surface area contributed by atoms with E-state index in [4.69, 9.17) is 16.7 Å². The van der Waals surface area contributed by atoms with Gasteiger partial charge in [0, 0.05) is 34.6 Å². The van der Waals surface area contributed by atoms with E-state index in [2.05, 4.69) is 5.32 Å². The maximum absolute atomic E-state index is 11.9. The van der Waals surface area contributed by atoms with Crippen LogP contribution < -0.4 is 5.32 Å². The molecule has 0 radical (unpaired) electrons. The zero-order valence-corrected chi connectivity index (χ0v) is 13.0. The molecule has 1 aliphatic rings. The van der Waals surface area contributed by atoms with Gasteiger partial charge in [-0.25, -0.2) is 4.79 Å². The number of halogens is 1. The molecule has 1 aromatic carbocycles. The Morgan fingerprint density at radius 1 is 1.40 bits per heavy atom. The summed E-state index contributed by atoms with van der Waals surface area (Å²) in [5, 5.41) is 12.1. The highest BCUT2D eigenvalue weighted by molar-refractivity contribution is 8.06. The van der Waals surface area contributed by atoms with Gasteiger partial charge in [0.25, 0.3) is 0 Å². The minimum absolute atomic E-state index is 0.0314. The SMILES string of the molecule is O=C(CC1CSCCS1)Nc1ccc(C(=O)O)c(Cl)c1. The number of hydrogen-bond acceptors (Lipinski definition) is 4. The second-order valence-corrected chi connectivity index (χ2v) is 7.29. The summed E-state index contributed by atoms with van der Waals surface area (Å²) in [4.78, 5) is 22.8. The van der Waals surface area contributed by atoms with Gasteiger partial charge in [0.2, 0.25) is 5.91 Å². The Labute approximate surface area is 130 Å². The molecule has 0 spiro atoms. The molecule has 1 saturated heterocycles. The van der Waals surface area contributed by atoms with Crippen LogP contribution in [0, 0.1) is 0 Å². The third-order valence-electron chi connectivity index (χ3n) is 2.78. The van der Waals surface area contributed by atoms with Gasteiger partial charge in [-0.2, -0.15) is 23.5 Å². The van der Waals surface area contributed by atoms with Crippen molar-refractivity contribution < 1.29 is 14.7 Å². The van der Waals surface area contributed by atoms with Crippen molar-refractivity contribution in [2.75, 3.05) is 22.6 Å². The Morgan fingerprint density at radius 3 is 2.80 bits per heavy atom. The normalized spacial score (nSPS) is 18.6. The maximum atomic E-state index is 11.9. The van der Waals surface area contributed by atoms with Crippen LogP contribution in [0.25, 0.3) is 0 Å². The van der Waals surface area contributed by atoms with Crippen LogP contribution in [-0.4, -0.2) is 39.5 Å². The highest BCUT2D eigenvalue weighted by Crippen LogP contribution is 2.27. The molecule has 1 atom stereocenters. The van der Waals surface area contributed by atoms with Crippen molar-refractivity contribution in [3.8, 4) is 0 Å². The lowest BCUT2D eigenvalue weighted by Gasteiger charge is -2.20. The van der Waals surface area contributed by atoms with Gasteiger partial charge in [0.05, 0.1) is 10.6 Å². The average Bonchev–Trinajstić information content (AvgIpc) is 2.39. The van der Waals surface area contributed by atoms with Crippen LogP contribution in [0.15, 0.2) is 18.2 Å². The number of thioether (sulfide) groups is 2. The number of carboxylic acid groups (broad SMARTS) is 1. The number of benzene rings is 1. The minimum Gasteiger partial charge on any atom is -0.478 e. The summed E-state index contributed by atoms with van der Waals surface area (Å²) in [5.41, 5.74) is 0.558. The smallest absolute Gasteiger partial charge is 0.337 e. The fraction of sp³-hybridized carbons (Fsp3) is 0.385. The third kappa shape index (κ3) is 4.33. The first-order valence-electron chi connectivity index (χ1n) is 6.08. The molecule has 1 heterocycles. The Morgan fingerprint density at radius 2 is 2.20 bits per heavy atom. The van der Waals surface area contributed by atoms with Crippen molar-refractivity contribution in [2.45, 2.75) is 11.7 Å². The average molecular weight is 332 g/mol. The summed E-state index contributed by atoms with van der Waals surface area (Å²) in [7, 11) is 0. The first-order chi connectivity index (χ1) is 9.56. The van der Waals surface area contributed by atoms with Crippen molar-refractivity contribution in [1.82, 2.24) is 0 Å². The van der Waals surface area contributed by atoms with E-state index in [1.807, 2.05) is 23.5 Å². The van der Waals surface area contributed by atoms with Gasteiger partial charge in [-0.3, -0.25) is 4.79 Å². The van der Waals surface area contributed by atoms with Crippen LogP contribution in [0.5, 0.6) is 0 Å². The summed E-state index contributed by atoms with van der Waals surface area (Å²) in [6.07, 6.45) is 0.468. The van der Waals surface area contributed by atoms with E-state index < -0.39 is 5.97 Å². The first-order valence-corrected chi connectivity index (χ1v) is 8.66. The lowest BCUT2D eigenvalue weighted by atomic mass is 10.2. The number of aromatic carboxylic acids is 1. The van der Waals surface area contributed by atoms with E-state index >= 15 is 0 Å². The molecule has 0 aromatic heterocycles. The third-order valence-corrected chi connectivity index (χ3v) is 5.94. The van der Waals surface area contributed by atoms with Crippen LogP contribution in [0.3, 0.4) is 0 Å². The van der Waals surface area contributed by atoms with E-state index in [-0.39, 0.29) is 16.5 Å². The monoisotopic (exact) mass is 331 g/mol. The zero-order chi connectivity index (χ0) is 14.5. The maximum Gasteiger partial charge on any atom is 0.337 e. The van der Waals surface area contributed by atoms with Gasteiger partial charge in [0.1, 0.15) is 0 Å². The first kappa shape index (κ1) is 15.5. The van der Waals surface area contributed by atoms with Gasteiger partial charge in [0.15, 0.2) is 0 Å². The molecule has 1 fully saturated rings. The highest BCUT2D eigenvalue weighted by Gasteiger charge is 2.18. The molecule has 108 valence electrons. The molecule has 1 aromatic rings. The van der Waals surface area contributed by atoms with E-state index in [1.54, 1.807) is 6.07 Å². The summed E-state index contributed by atoms with van der Waals surface area (Å²) >= 11 is 9.56. The largest absolute Gasteiger partial charge is 0.478 e. The fourth-order valence-corrected chi connectivity index (χ4v) is 4.78. The summed E-state index contributed by atoms with van der Waals surface area (Å²) in [5.74, 6) is 2.08. The lowest BCUT2D eigenvalue weighted by molar-refractivity contribution is -0.116.